The van der Waals surface area contributed by atoms with Crippen LogP contribution < -0.4 is 0 Å². The van der Waals surface area contributed by atoms with E-state index < -0.39 is 0 Å². The third-order valence-electron chi connectivity index (χ3n) is 2.66. The molecule has 0 radical (unpaired) electrons. The molecule has 0 saturated carbocycles. The summed E-state index contributed by atoms with van der Waals surface area (Å²) in [5.74, 6) is 0. The Morgan fingerprint density at radius 2 is 2.33 bits per heavy atom. The summed E-state index contributed by atoms with van der Waals surface area (Å²) in [5, 5.41) is 0. The van der Waals surface area contributed by atoms with Crippen molar-refractivity contribution in [3.05, 3.63) is 12.2 Å². The maximum atomic E-state index is 2.49. The second-order valence-electron chi connectivity index (χ2n) is 3.76. The quantitative estimate of drug-likeness (QED) is 0.582. The molecule has 0 amide bonds. The molecule has 1 atom stereocenters. The Balaban J connectivity index is 2.25. The Hall–Kier alpha value is -0.300. The number of nitrogens with zero attached hydrogens (tertiary/aromatic N) is 1. The number of hydrogen-bond acceptors (Lipinski definition) is 1. The molecule has 1 nitrogen and oxygen atoms in total. The van der Waals surface area contributed by atoms with E-state index in [0.29, 0.717) is 0 Å². The summed E-state index contributed by atoms with van der Waals surface area (Å²) in [7, 11) is 2.25. The van der Waals surface area contributed by atoms with Crippen LogP contribution in [0.5, 0.6) is 0 Å². The molecule has 0 aliphatic heterocycles. The lowest BCUT2D eigenvalue weighted by Crippen LogP contribution is -2.31. The molecule has 0 aromatic rings. The molecule has 0 N–H and O–H groups in total. The standard InChI is InChI=1S/C11H21N/c1-3-4-10-12(2)11-8-6-5-7-9-11/h6,8,11H,3-5,7,9-10H2,1-2H3. The molecule has 12 heavy (non-hydrogen) atoms. The topological polar surface area (TPSA) is 3.24 Å². The Kier molecular flexibility index (Phi) is 4.37. The van der Waals surface area contributed by atoms with Crippen molar-refractivity contribution >= 4 is 0 Å². The summed E-state index contributed by atoms with van der Waals surface area (Å²) >= 11 is 0. The van der Waals surface area contributed by atoms with Crippen LogP contribution in [0.25, 0.3) is 0 Å². The normalized spacial score (nSPS) is 23.4. The van der Waals surface area contributed by atoms with Crippen LogP contribution in [0, 0.1) is 0 Å². The van der Waals surface area contributed by atoms with Crippen molar-refractivity contribution in [2.45, 2.75) is 45.1 Å². The van der Waals surface area contributed by atoms with Gasteiger partial charge in [-0.1, -0.05) is 25.5 Å². The molecule has 1 aliphatic carbocycles. The first-order valence-corrected chi connectivity index (χ1v) is 5.21. The summed E-state index contributed by atoms with van der Waals surface area (Å²) in [5.41, 5.74) is 0. The SMILES string of the molecule is CCCCN(C)C1C=CCCC1. The Morgan fingerprint density at radius 3 is 2.92 bits per heavy atom. The number of rotatable bonds is 4. The van der Waals surface area contributed by atoms with E-state index in [9.17, 15) is 0 Å². The molecule has 1 rings (SSSR count). The molecule has 0 spiro atoms. The van der Waals surface area contributed by atoms with E-state index in [1.807, 2.05) is 0 Å². The first kappa shape index (κ1) is 9.79. The van der Waals surface area contributed by atoms with Gasteiger partial charge in [-0.25, -0.2) is 0 Å². The first-order valence-electron chi connectivity index (χ1n) is 5.21. The lowest BCUT2D eigenvalue weighted by molar-refractivity contribution is 0.258. The highest BCUT2D eigenvalue weighted by Gasteiger charge is 2.12. The van der Waals surface area contributed by atoms with Crippen LogP contribution in [-0.2, 0) is 0 Å². The van der Waals surface area contributed by atoms with Gasteiger partial charge in [-0.15, -0.1) is 0 Å². The van der Waals surface area contributed by atoms with Crippen molar-refractivity contribution in [1.29, 1.82) is 0 Å². The van der Waals surface area contributed by atoms with E-state index in [1.165, 1.54) is 38.6 Å². The molecular formula is C11H21N. The molecule has 70 valence electrons. The number of likely N-dealkylation sites (N-methyl/N-ethyl adjacent to an activating group) is 1. The van der Waals surface area contributed by atoms with Crippen LogP contribution in [0.1, 0.15) is 39.0 Å². The van der Waals surface area contributed by atoms with E-state index >= 15 is 0 Å². The predicted molar refractivity (Wildman–Crippen MR) is 54.3 cm³/mol. The second kappa shape index (κ2) is 5.36. The zero-order chi connectivity index (χ0) is 8.81. The summed E-state index contributed by atoms with van der Waals surface area (Å²) in [6, 6.07) is 0.727. The van der Waals surface area contributed by atoms with Crippen LogP contribution in [0.15, 0.2) is 12.2 Å². The van der Waals surface area contributed by atoms with Crippen molar-refractivity contribution in [2.75, 3.05) is 13.6 Å². The van der Waals surface area contributed by atoms with Gasteiger partial charge in [0, 0.05) is 6.04 Å². The van der Waals surface area contributed by atoms with Crippen LogP contribution >= 0.6 is 0 Å². The van der Waals surface area contributed by atoms with Crippen LogP contribution in [0.3, 0.4) is 0 Å². The molecule has 0 heterocycles. The minimum Gasteiger partial charge on any atom is -0.300 e. The van der Waals surface area contributed by atoms with Gasteiger partial charge in [-0.3, -0.25) is 4.90 Å². The Bertz CT molecular complexity index is 140. The van der Waals surface area contributed by atoms with Crippen molar-refractivity contribution in [1.82, 2.24) is 4.90 Å². The third kappa shape index (κ3) is 2.98. The fourth-order valence-corrected chi connectivity index (χ4v) is 1.74. The maximum Gasteiger partial charge on any atom is 0.0275 e. The van der Waals surface area contributed by atoms with E-state index in [2.05, 4.69) is 31.0 Å². The van der Waals surface area contributed by atoms with Gasteiger partial charge in [0.25, 0.3) is 0 Å². The highest BCUT2D eigenvalue weighted by atomic mass is 15.1. The van der Waals surface area contributed by atoms with Gasteiger partial charge in [0.15, 0.2) is 0 Å². The average molecular weight is 167 g/mol. The second-order valence-corrected chi connectivity index (χ2v) is 3.76. The highest BCUT2D eigenvalue weighted by molar-refractivity contribution is 4.97. The zero-order valence-corrected chi connectivity index (χ0v) is 8.42. The number of allylic oxidation sites excluding steroid dienone is 1. The zero-order valence-electron chi connectivity index (χ0n) is 8.42. The highest BCUT2D eigenvalue weighted by Crippen LogP contribution is 2.15. The molecular weight excluding hydrogens is 146 g/mol. The first-order chi connectivity index (χ1) is 5.84. The summed E-state index contributed by atoms with van der Waals surface area (Å²) in [4.78, 5) is 2.49. The number of unbranched alkanes of at least 4 members (excludes halogenated alkanes) is 1. The van der Waals surface area contributed by atoms with Crippen molar-refractivity contribution < 1.29 is 0 Å². The lowest BCUT2D eigenvalue weighted by Gasteiger charge is -2.27. The van der Waals surface area contributed by atoms with Gasteiger partial charge in [-0.2, -0.15) is 0 Å². The largest absolute Gasteiger partial charge is 0.300 e. The van der Waals surface area contributed by atoms with E-state index in [1.54, 1.807) is 0 Å². The van der Waals surface area contributed by atoms with Crippen molar-refractivity contribution in [2.24, 2.45) is 0 Å². The van der Waals surface area contributed by atoms with Crippen LogP contribution in [0.4, 0.5) is 0 Å². The monoisotopic (exact) mass is 167 g/mol. The maximum absolute atomic E-state index is 2.49. The fraction of sp³-hybridized carbons (Fsp3) is 0.818. The average Bonchev–Trinajstić information content (AvgIpc) is 2.15. The summed E-state index contributed by atoms with van der Waals surface area (Å²) in [6.07, 6.45) is 11.4. The molecule has 1 heteroatoms. The van der Waals surface area contributed by atoms with Gasteiger partial charge in [0.2, 0.25) is 0 Å². The molecule has 1 unspecified atom stereocenters. The fourth-order valence-electron chi connectivity index (χ4n) is 1.74. The molecule has 1 aliphatic rings. The number of hydrogen-bond donors (Lipinski definition) is 0. The minimum atomic E-state index is 0.727. The predicted octanol–water partition coefficient (Wildman–Crippen LogP) is 2.83. The smallest absolute Gasteiger partial charge is 0.0275 e. The Labute approximate surface area is 76.5 Å². The van der Waals surface area contributed by atoms with Gasteiger partial charge in [0.05, 0.1) is 0 Å². The van der Waals surface area contributed by atoms with Crippen LogP contribution in [-0.4, -0.2) is 24.5 Å². The van der Waals surface area contributed by atoms with E-state index in [4.69, 9.17) is 0 Å². The minimum absolute atomic E-state index is 0.727. The lowest BCUT2D eigenvalue weighted by atomic mass is 10.0. The third-order valence-corrected chi connectivity index (χ3v) is 2.66. The van der Waals surface area contributed by atoms with Gasteiger partial charge in [-0.05, 0) is 39.3 Å². The molecule has 0 aromatic heterocycles. The van der Waals surface area contributed by atoms with E-state index in [0.717, 1.165) is 6.04 Å². The molecule has 0 saturated heterocycles. The van der Waals surface area contributed by atoms with Crippen molar-refractivity contribution in [3.63, 3.8) is 0 Å². The summed E-state index contributed by atoms with van der Waals surface area (Å²) < 4.78 is 0. The molecule has 0 aromatic carbocycles. The van der Waals surface area contributed by atoms with E-state index in [-0.39, 0.29) is 0 Å². The van der Waals surface area contributed by atoms with Crippen molar-refractivity contribution in [3.8, 4) is 0 Å². The molecule has 0 bridgehead atoms. The Morgan fingerprint density at radius 1 is 1.50 bits per heavy atom. The summed E-state index contributed by atoms with van der Waals surface area (Å²) in [6.45, 7) is 3.51. The van der Waals surface area contributed by atoms with Gasteiger partial charge >= 0.3 is 0 Å². The van der Waals surface area contributed by atoms with Gasteiger partial charge in [0.1, 0.15) is 0 Å². The van der Waals surface area contributed by atoms with Gasteiger partial charge < -0.3 is 0 Å². The molecule has 0 fully saturated rings. The van der Waals surface area contributed by atoms with Crippen LogP contribution in [0.2, 0.25) is 0 Å².